The molecule has 0 aromatic rings. The molecule has 0 saturated heterocycles. The zero-order valence-electron chi connectivity index (χ0n) is 10.7. The summed E-state index contributed by atoms with van der Waals surface area (Å²) in [7, 11) is 0. The molecule has 0 aromatic carbocycles. The fourth-order valence-corrected chi connectivity index (χ4v) is 2.17. The van der Waals surface area contributed by atoms with Crippen molar-refractivity contribution in [3.8, 4) is 0 Å². The number of unbranched alkanes of at least 4 members (excludes halogenated alkanes) is 3. The first-order valence-electron chi connectivity index (χ1n) is 6.60. The first-order chi connectivity index (χ1) is 6.76. The number of rotatable bonds is 9. The highest BCUT2D eigenvalue weighted by molar-refractivity contribution is 4.92. The molecule has 85 valence electrons. The normalized spacial score (nSPS) is 13.5. The van der Waals surface area contributed by atoms with Gasteiger partial charge in [0.05, 0.1) is 0 Å². The molecular weight excluding hydrogens is 168 g/mol. The van der Waals surface area contributed by atoms with Gasteiger partial charge in [0.25, 0.3) is 0 Å². The summed E-state index contributed by atoms with van der Waals surface area (Å²) in [5, 5.41) is 0. The van der Waals surface area contributed by atoms with Gasteiger partial charge in [-0.05, 0) is 24.7 Å². The Morgan fingerprint density at radius 1 is 0.929 bits per heavy atom. The Hall–Kier alpha value is 0. The molecule has 0 saturated carbocycles. The minimum atomic E-state index is 0.872. The maximum atomic E-state index is 2.42. The predicted molar refractivity (Wildman–Crippen MR) is 66.4 cm³/mol. The van der Waals surface area contributed by atoms with E-state index < -0.39 is 0 Å². The van der Waals surface area contributed by atoms with Crippen LogP contribution in [-0.4, -0.2) is 0 Å². The summed E-state index contributed by atoms with van der Waals surface area (Å²) in [6.45, 7) is 9.30. The van der Waals surface area contributed by atoms with Crippen LogP contribution in [0.5, 0.6) is 0 Å². The van der Waals surface area contributed by atoms with Crippen molar-refractivity contribution in [2.75, 3.05) is 0 Å². The maximum Gasteiger partial charge on any atom is -0.0216 e. The largest absolute Gasteiger partial charge is 0.0654 e. The Morgan fingerprint density at radius 3 is 2.14 bits per heavy atom. The number of hydrogen-bond donors (Lipinski definition) is 0. The quantitative estimate of drug-likeness (QED) is 0.435. The molecule has 0 N–H and O–H groups in total. The van der Waals surface area contributed by atoms with Crippen LogP contribution < -0.4 is 0 Å². The van der Waals surface area contributed by atoms with E-state index in [2.05, 4.69) is 27.7 Å². The molecule has 14 heavy (non-hydrogen) atoms. The average molecular weight is 197 g/mol. The molecule has 0 rings (SSSR count). The van der Waals surface area contributed by atoms with Crippen LogP contribution in [0.3, 0.4) is 0 Å². The summed E-state index contributed by atoms with van der Waals surface area (Å²) in [6.07, 6.45) is 11.0. The van der Waals surface area contributed by atoms with Gasteiger partial charge in [0.2, 0.25) is 0 Å². The molecule has 1 atom stereocenters. The average Bonchev–Trinajstić information content (AvgIpc) is 2.20. The molecule has 0 amide bonds. The van der Waals surface area contributed by atoms with Crippen LogP contribution in [0.25, 0.3) is 0 Å². The van der Waals surface area contributed by atoms with E-state index in [9.17, 15) is 0 Å². The fraction of sp³-hybridized carbons (Fsp3) is 0.929. The Morgan fingerprint density at radius 2 is 1.64 bits per heavy atom. The first-order valence-corrected chi connectivity index (χ1v) is 6.60. The van der Waals surface area contributed by atoms with Crippen molar-refractivity contribution in [1.29, 1.82) is 0 Å². The molecule has 0 heterocycles. The first kappa shape index (κ1) is 14.0. The lowest BCUT2D eigenvalue weighted by Crippen LogP contribution is -2.08. The molecule has 0 spiro atoms. The Bertz CT molecular complexity index is 107. The molecule has 0 heteroatoms. The van der Waals surface area contributed by atoms with E-state index >= 15 is 0 Å². The highest BCUT2D eigenvalue weighted by Gasteiger charge is 2.14. The van der Waals surface area contributed by atoms with Crippen molar-refractivity contribution in [1.82, 2.24) is 0 Å². The third-order valence-electron chi connectivity index (χ3n) is 3.21. The van der Waals surface area contributed by atoms with Crippen LogP contribution in [0.1, 0.15) is 79.1 Å². The lowest BCUT2D eigenvalue weighted by atomic mass is 9.84. The second kappa shape index (κ2) is 9.55. The van der Waals surface area contributed by atoms with Crippen molar-refractivity contribution in [3.05, 3.63) is 5.92 Å². The van der Waals surface area contributed by atoms with E-state index in [0.29, 0.717) is 0 Å². The minimum absolute atomic E-state index is 0.872. The van der Waals surface area contributed by atoms with Crippen LogP contribution >= 0.6 is 0 Å². The lowest BCUT2D eigenvalue weighted by Gasteiger charge is -2.21. The summed E-state index contributed by atoms with van der Waals surface area (Å²) in [6, 6.07) is 0. The smallest absolute Gasteiger partial charge is 0.0216 e. The summed E-state index contributed by atoms with van der Waals surface area (Å²) < 4.78 is 0. The van der Waals surface area contributed by atoms with Crippen molar-refractivity contribution in [2.45, 2.75) is 79.1 Å². The van der Waals surface area contributed by atoms with Gasteiger partial charge >= 0.3 is 0 Å². The molecule has 1 unspecified atom stereocenters. The zero-order chi connectivity index (χ0) is 10.8. The fourth-order valence-electron chi connectivity index (χ4n) is 2.17. The molecule has 0 aliphatic rings. The zero-order valence-corrected chi connectivity index (χ0v) is 10.7. The Kier molecular flexibility index (Phi) is 9.55. The van der Waals surface area contributed by atoms with Gasteiger partial charge in [0.15, 0.2) is 0 Å². The van der Waals surface area contributed by atoms with Gasteiger partial charge in [-0.25, -0.2) is 0 Å². The molecule has 0 bridgehead atoms. The summed E-state index contributed by atoms with van der Waals surface area (Å²) >= 11 is 0. The SMILES string of the molecule is CCCCCCC(C)[C](CC)CCC. The Labute approximate surface area is 91.5 Å². The van der Waals surface area contributed by atoms with Crippen molar-refractivity contribution >= 4 is 0 Å². The molecule has 0 aromatic heterocycles. The van der Waals surface area contributed by atoms with Gasteiger partial charge in [-0.2, -0.15) is 0 Å². The molecule has 0 nitrogen and oxygen atoms in total. The van der Waals surface area contributed by atoms with E-state index in [-0.39, 0.29) is 0 Å². The highest BCUT2D eigenvalue weighted by Crippen LogP contribution is 2.27. The molecule has 0 fully saturated rings. The predicted octanol–water partition coefficient (Wildman–Crippen LogP) is 5.38. The van der Waals surface area contributed by atoms with Crippen LogP contribution in [0, 0.1) is 11.8 Å². The van der Waals surface area contributed by atoms with Crippen LogP contribution in [0.4, 0.5) is 0 Å². The van der Waals surface area contributed by atoms with Crippen LogP contribution in [0.15, 0.2) is 0 Å². The third kappa shape index (κ3) is 6.45. The second-order valence-corrected chi connectivity index (χ2v) is 4.51. The van der Waals surface area contributed by atoms with Crippen molar-refractivity contribution in [3.63, 3.8) is 0 Å². The van der Waals surface area contributed by atoms with Gasteiger partial charge in [-0.15, -0.1) is 0 Å². The third-order valence-corrected chi connectivity index (χ3v) is 3.21. The topological polar surface area (TPSA) is 0 Å². The van der Waals surface area contributed by atoms with Gasteiger partial charge in [-0.1, -0.05) is 66.2 Å². The molecular formula is C14H29. The Balaban J connectivity index is 3.52. The van der Waals surface area contributed by atoms with Gasteiger partial charge in [0, 0.05) is 0 Å². The van der Waals surface area contributed by atoms with Gasteiger partial charge in [-0.3, -0.25) is 0 Å². The van der Waals surface area contributed by atoms with Crippen molar-refractivity contribution in [2.24, 2.45) is 5.92 Å². The standard InChI is InChI=1S/C14H29/c1-5-8-9-10-12-13(4)14(7-3)11-6-2/h13H,5-12H2,1-4H3. The lowest BCUT2D eigenvalue weighted by molar-refractivity contribution is 0.459. The van der Waals surface area contributed by atoms with E-state index in [4.69, 9.17) is 0 Å². The monoisotopic (exact) mass is 197 g/mol. The van der Waals surface area contributed by atoms with Crippen molar-refractivity contribution < 1.29 is 0 Å². The van der Waals surface area contributed by atoms with Crippen LogP contribution in [0.2, 0.25) is 0 Å². The number of hydrogen-bond acceptors (Lipinski definition) is 0. The van der Waals surface area contributed by atoms with E-state index in [0.717, 1.165) is 5.92 Å². The minimum Gasteiger partial charge on any atom is -0.0654 e. The van der Waals surface area contributed by atoms with Gasteiger partial charge in [0.1, 0.15) is 0 Å². The van der Waals surface area contributed by atoms with Gasteiger partial charge < -0.3 is 0 Å². The highest BCUT2D eigenvalue weighted by atomic mass is 14.2. The maximum absolute atomic E-state index is 2.42. The summed E-state index contributed by atoms with van der Waals surface area (Å²) in [4.78, 5) is 0. The summed E-state index contributed by atoms with van der Waals surface area (Å²) in [5.41, 5.74) is 0. The van der Waals surface area contributed by atoms with Crippen LogP contribution in [-0.2, 0) is 0 Å². The summed E-state index contributed by atoms with van der Waals surface area (Å²) in [5.74, 6) is 2.67. The molecule has 0 aliphatic carbocycles. The van der Waals surface area contributed by atoms with E-state index in [1.165, 1.54) is 51.4 Å². The van der Waals surface area contributed by atoms with E-state index in [1.807, 2.05) is 0 Å². The van der Waals surface area contributed by atoms with E-state index in [1.54, 1.807) is 5.92 Å². The molecule has 0 aliphatic heterocycles. The second-order valence-electron chi connectivity index (χ2n) is 4.51. The molecule has 1 radical (unpaired) electrons.